The third kappa shape index (κ3) is 3.49. The summed E-state index contributed by atoms with van der Waals surface area (Å²) in [5, 5.41) is 0.00718. The molecule has 0 radical (unpaired) electrons. The molecule has 0 fully saturated rings. The lowest BCUT2D eigenvalue weighted by atomic mass is 9.99. The summed E-state index contributed by atoms with van der Waals surface area (Å²) in [4.78, 5) is 0. The molecule has 0 aliphatic rings. The van der Waals surface area contributed by atoms with Crippen molar-refractivity contribution in [3.05, 3.63) is 70.0 Å². The lowest BCUT2D eigenvalue weighted by molar-refractivity contribution is 0.575. The number of nitrogens with two attached hydrogens (primary N) is 1. The zero-order valence-corrected chi connectivity index (χ0v) is 10.6. The second-order valence-corrected chi connectivity index (χ2v) is 4.67. The molecule has 1 unspecified atom stereocenters. The fourth-order valence-corrected chi connectivity index (χ4v) is 1.96. The van der Waals surface area contributed by atoms with Crippen molar-refractivity contribution in [2.24, 2.45) is 5.73 Å². The number of hydrogen-bond donors (Lipinski definition) is 1. The monoisotopic (exact) mass is 285 g/mol. The normalized spacial score (nSPS) is 12.5. The Bertz CT molecular complexity index is 581. The van der Waals surface area contributed by atoms with Gasteiger partial charge in [-0.2, -0.15) is 0 Å². The first-order chi connectivity index (χ1) is 8.95. The Morgan fingerprint density at radius 1 is 1.00 bits per heavy atom. The highest BCUT2D eigenvalue weighted by Crippen LogP contribution is 2.22. The molecule has 2 aromatic rings. The maximum atomic E-state index is 13.3. The zero-order chi connectivity index (χ0) is 14.0. The highest BCUT2D eigenvalue weighted by Gasteiger charge is 2.11. The van der Waals surface area contributed by atoms with Crippen LogP contribution in [0.3, 0.4) is 0 Å². The van der Waals surface area contributed by atoms with Crippen molar-refractivity contribution in [1.82, 2.24) is 0 Å². The lowest BCUT2D eigenvalue weighted by Crippen LogP contribution is -2.14. The topological polar surface area (TPSA) is 26.0 Å². The van der Waals surface area contributed by atoms with Gasteiger partial charge in [0.2, 0.25) is 0 Å². The van der Waals surface area contributed by atoms with Gasteiger partial charge in [-0.1, -0.05) is 17.7 Å². The summed E-state index contributed by atoms with van der Waals surface area (Å²) in [6.45, 7) is 0. The highest BCUT2D eigenvalue weighted by molar-refractivity contribution is 6.30. The van der Waals surface area contributed by atoms with E-state index in [0.29, 0.717) is 11.1 Å². The van der Waals surface area contributed by atoms with E-state index in [9.17, 15) is 13.2 Å². The third-order valence-electron chi connectivity index (χ3n) is 2.75. The zero-order valence-electron chi connectivity index (χ0n) is 9.84. The third-order valence-corrected chi connectivity index (χ3v) is 3.06. The summed E-state index contributed by atoms with van der Waals surface area (Å²) >= 11 is 5.57. The van der Waals surface area contributed by atoms with Crippen LogP contribution in [0.15, 0.2) is 36.4 Å². The van der Waals surface area contributed by atoms with E-state index < -0.39 is 23.5 Å². The maximum absolute atomic E-state index is 13.3. The standard InChI is InChI=1S/C14H11ClF3N/c15-12-2-1-9(6-13(12)18)14(19)5-8-3-10(16)7-11(17)4-8/h1-4,6-7,14H,5,19H2. The molecule has 0 amide bonds. The quantitative estimate of drug-likeness (QED) is 0.906. The molecule has 0 spiro atoms. The minimum Gasteiger partial charge on any atom is -0.324 e. The van der Waals surface area contributed by atoms with Gasteiger partial charge < -0.3 is 5.73 Å². The van der Waals surface area contributed by atoms with E-state index in [0.717, 1.165) is 6.07 Å². The van der Waals surface area contributed by atoms with Gasteiger partial charge in [0.25, 0.3) is 0 Å². The van der Waals surface area contributed by atoms with Gasteiger partial charge in [0.05, 0.1) is 5.02 Å². The maximum Gasteiger partial charge on any atom is 0.142 e. The molecule has 0 bridgehead atoms. The molecule has 0 aliphatic heterocycles. The predicted molar refractivity (Wildman–Crippen MR) is 68.4 cm³/mol. The summed E-state index contributed by atoms with van der Waals surface area (Å²) in [5.74, 6) is -1.89. The molecule has 0 aliphatic carbocycles. The molecule has 0 saturated heterocycles. The molecule has 2 rings (SSSR count). The van der Waals surface area contributed by atoms with Crippen molar-refractivity contribution in [3.63, 3.8) is 0 Å². The summed E-state index contributed by atoms with van der Waals surface area (Å²) in [6, 6.07) is 6.85. The van der Waals surface area contributed by atoms with Gasteiger partial charge in [0, 0.05) is 12.1 Å². The van der Waals surface area contributed by atoms with Crippen LogP contribution in [0.5, 0.6) is 0 Å². The Balaban J connectivity index is 2.20. The van der Waals surface area contributed by atoms with Crippen molar-refractivity contribution in [1.29, 1.82) is 0 Å². The van der Waals surface area contributed by atoms with E-state index >= 15 is 0 Å². The molecule has 1 nitrogen and oxygen atoms in total. The van der Waals surface area contributed by atoms with Crippen molar-refractivity contribution >= 4 is 11.6 Å². The van der Waals surface area contributed by atoms with E-state index in [4.69, 9.17) is 17.3 Å². The fourth-order valence-electron chi connectivity index (χ4n) is 1.84. The van der Waals surface area contributed by atoms with Crippen molar-refractivity contribution < 1.29 is 13.2 Å². The van der Waals surface area contributed by atoms with Gasteiger partial charge in [-0.15, -0.1) is 0 Å². The van der Waals surface area contributed by atoms with Gasteiger partial charge in [-0.25, -0.2) is 13.2 Å². The molecule has 2 aromatic carbocycles. The first kappa shape index (κ1) is 13.9. The summed E-state index contributed by atoms with van der Waals surface area (Å²) in [5.41, 5.74) is 6.83. The van der Waals surface area contributed by atoms with Crippen molar-refractivity contribution in [3.8, 4) is 0 Å². The van der Waals surface area contributed by atoms with Crippen LogP contribution in [0.25, 0.3) is 0 Å². The van der Waals surface area contributed by atoms with Crippen LogP contribution in [0.4, 0.5) is 13.2 Å². The number of rotatable bonds is 3. The minimum atomic E-state index is -0.663. The minimum absolute atomic E-state index is 0.00718. The van der Waals surface area contributed by atoms with Gasteiger partial charge in [-0.3, -0.25) is 0 Å². The van der Waals surface area contributed by atoms with Crippen molar-refractivity contribution in [2.45, 2.75) is 12.5 Å². The summed E-state index contributed by atoms with van der Waals surface area (Å²) in [6.07, 6.45) is 0.204. The van der Waals surface area contributed by atoms with Gasteiger partial charge >= 0.3 is 0 Å². The fraction of sp³-hybridized carbons (Fsp3) is 0.143. The van der Waals surface area contributed by atoms with Gasteiger partial charge in [-0.05, 0) is 41.8 Å². The van der Waals surface area contributed by atoms with Gasteiger partial charge in [0.1, 0.15) is 17.5 Å². The molecule has 19 heavy (non-hydrogen) atoms. The van der Waals surface area contributed by atoms with Crippen LogP contribution in [-0.2, 0) is 6.42 Å². The first-order valence-electron chi connectivity index (χ1n) is 5.61. The Kier molecular flexibility index (Phi) is 4.12. The molecule has 0 saturated carbocycles. The molecule has 100 valence electrons. The number of hydrogen-bond acceptors (Lipinski definition) is 1. The second-order valence-electron chi connectivity index (χ2n) is 4.26. The van der Waals surface area contributed by atoms with E-state index in [1.54, 1.807) is 6.07 Å². The summed E-state index contributed by atoms with van der Waals surface area (Å²) in [7, 11) is 0. The largest absolute Gasteiger partial charge is 0.324 e. The predicted octanol–water partition coefficient (Wildman–Crippen LogP) is 4.00. The van der Waals surface area contributed by atoms with Crippen LogP contribution in [-0.4, -0.2) is 0 Å². The van der Waals surface area contributed by atoms with Crippen LogP contribution in [0, 0.1) is 17.5 Å². The lowest BCUT2D eigenvalue weighted by Gasteiger charge is -2.13. The van der Waals surface area contributed by atoms with E-state index in [1.165, 1.54) is 24.3 Å². The number of benzene rings is 2. The van der Waals surface area contributed by atoms with E-state index in [2.05, 4.69) is 0 Å². The molecule has 0 aromatic heterocycles. The van der Waals surface area contributed by atoms with Crippen LogP contribution < -0.4 is 5.73 Å². The van der Waals surface area contributed by atoms with Crippen LogP contribution in [0.1, 0.15) is 17.2 Å². The Morgan fingerprint density at radius 2 is 1.63 bits per heavy atom. The Labute approximate surface area is 113 Å². The van der Waals surface area contributed by atoms with E-state index in [1.807, 2.05) is 0 Å². The first-order valence-corrected chi connectivity index (χ1v) is 5.99. The summed E-state index contributed by atoms with van der Waals surface area (Å²) < 4.78 is 39.4. The Hall–Kier alpha value is -1.52. The SMILES string of the molecule is NC(Cc1cc(F)cc(F)c1)c1ccc(Cl)c(F)c1. The average Bonchev–Trinajstić information content (AvgIpc) is 2.31. The Morgan fingerprint density at radius 3 is 2.21 bits per heavy atom. The molecule has 5 heteroatoms. The second kappa shape index (κ2) is 5.63. The average molecular weight is 286 g/mol. The van der Waals surface area contributed by atoms with Crippen LogP contribution in [0.2, 0.25) is 5.02 Å². The number of halogens is 4. The van der Waals surface area contributed by atoms with Gasteiger partial charge in [0.15, 0.2) is 0 Å². The molecule has 1 atom stereocenters. The smallest absolute Gasteiger partial charge is 0.142 e. The molecular formula is C14H11ClF3N. The molecule has 2 N–H and O–H groups in total. The highest BCUT2D eigenvalue weighted by atomic mass is 35.5. The van der Waals surface area contributed by atoms with Crippen molar-refractivity contribution in [2.75, 3.05) is 0 Å². The van der Waals surface area contributed by atoms with Crippen LogP contribution >= 0.6 is 11.6 Å². The molecule has 0 heterocycles. The molecular weight excluding hydrogens is 275 g/mol. The van der Waals surface area contributed by atoms with E-state index in [-0.39, 0.29) is 11.4 Å².